The second-order valence-corrected chi connectivity index (χ2v) is 9.05. The zero-order valence-corrected chi connectivity index (χ0v) is 19.5. The number of rotatable bonds is 7. The molecule has 0 saturated carbocycles. The van der Waals surface area contributed by atoms with E-state index in [1.54, 1.807) is 12.1 Å². The molecule has 3 aromatic carbocycles. The van der Waals surface area contributed by atoms with E-state index in [1.165, 1.54) is 17.7 Å². The van der Waals surface area contributed by atoms with Crippen molar-refractivity contribution in [2.45, 2.75) is 32.0 Å². The van der Waals surface area contributed by atoms with Gasteiger partial charge in [-0.05, 0) is 71.7 Å². The SMILES string of the molecule is CN(C)Cc1ccc(-c2cc(Cl)c3c(c2)CN(Cc2ccc(OC(F)(F)F)cc2)C3C=O)cc1. The summed E-state index contributed by atoms with van der Waals surface area (Å²) in [7, 11) is 4.04. The van der Waals surface area contributed by atoms with E-state index >= 15 is 0 Å². The number of benzene rings is 3. The molecular weight excluding hydrogens is 465 g/mol. The Morgan fingerprint density at radius 3 is 2.26 bits per heavy atom. The van der Waals surface area contributed by atoms with Gasteiger partial charge in [-0.25, -0.2) is 0 Å². The number of alkyl halides is 3. The van der Waals surface area contributed by atoms with Gasteiger partial charge in [-0.2, -0.15) is 0 Å². The number of halogens is 4. The predicted octanol–water partition coefficient (Wildman–Crippen LogP) is 6.22. The molecule has 0 spiro atoms. The Morgan fingerprint density at radius 1 is 1.03 bits per heavy atom. The van der Waals surface area contributed by atoms with Gasteiger partial charge in [-0.3, -0.25) is 4.90 Å². The number of nitrogens with zero attached hydrogens (tertiary/aromatic N) is 2. The lowest BCUT2D eigenvalue weighted by Gasteiger charge is -2.21. The van der Waals surface area contributed by atoms with Gasteiger partial charge in [-0.1, -0.05) is 48.0 Å². The Morgan fingerprint density at radius 2 is 1.68 bits per heavy atom. The van der Waals surface area contributed by atoms with Gasteiger partial charge >= 0.3 is 6.36 Å². The van der Waals surface area contributed by atoms with Gasteiger partial charge in [-0.15, -0.1) is 13.2 Å². The molecule has 0 bridgehead atoms. The van der Waals surface area contributed by atoms with Crippen LogP contribution in [0.15, 0.2) is 60.7 Å². The van der Waals surface area contributed by atoms with Gasteiger partial charge in [0, 0.05) is 24.7 Å². The van der Waals surface area contributed by atoms with Crippen molar-refractivity contribution in [2.75, 3.05) is 14.1 Å². The molecule has 1 aliphatic rings. The smallest absolute Gasteiger partial charge is 0.406 e. The zero-order chi connectivity index (χ0) is 24.5. The van der Waals surface area contributed by atoms with Gasteiger partial charge in [0.1, 0.15) is 12.0 Å². The molecule has 3 aromatic rings. The van der Waals surface area contributed by atoms with Crippen LogP contribution in [0.3, 0.4) is 0 Å². The average Bonchev–Trinajstić information content (AvgIpc) is 3.11. The molecule has 0 saturated heterocycles. The van der Waals surface area contributed by atoms with Crippen molar-refractivity contribution in [3.05, 3.63) is 87.9 Å². The highest BCUT2D eigenvalue weighted by Crippen LogP contribution is 2.41. The van der Waals surface area contributed by atoms with Crippen molar-refractivity contribution in [2.24, 2.45) is 0 Å². The summed E-state index contributed by atoms with van der Waals surface area (Å²) < 4.78 is 41.1. The molecule has 0 aromatic heterocycles. The van der Waals surface area contributed by atoms with E-state index < -0.39 is 12.4 Å². The third-order valence-corrected chi connectivity index (χ3v) is 6.05. The maximum absolute atomic E-state index is 12.4. The molecular formula is C26H24ClF3N2O2. The lowest BCUT2D eigenvalue weighted by Crippen LogP contribution is -2.22. The number of aldehydes is 1. The molecule has 0 amide bonds. The van der Waals surface area contributed by atoms with E-state index in [0.29, 0.717) is 18.1 Å². The Bertz CT molecular complexity index is 1160. The maximum atomic E-state index is 12.4. The van der Waals surface area contributed by atoms with E-state index in [1.807, 2.05) is 25.1 Å². The lowest BCUT2D eigenvalue weighted by molar-refractivity contribution is -0.274. The summed E-state index contributed by atoms with van der Waals surface area (Å²) in [5, 5.41) is 0.526. The molecule has 0 radical (unpaired) electrons. The highest BCUT2D eigenvalue weighted by atomic mass is 35.5. The van der Waals surface area contributed by atoms with Crippen LogP contribution in [0.4, 0.5) is 13.2 Å². The van der Waals surface area contributed by atoms with Gasteiger partial charge in [0.25, 0.3) is 0 Å². The molecule has 1 unspecified atom stereocenters. The first kappa shape index (κ1) is 24.3. The zero-order valence-electron chi connectivity index (χ0n) is 18.8. The van der Waals surface area contributed by atoms with Gasteiger partial charge in [0.05, 0.1) is 6.04 Å². The third-order valence-electron chi connectivity index (χ3n) is 5.74. The highest BCUT2D eigenvalue weighted by Gasteiger charge is 2.33. The van der Waals surface area contributed by atoms with Crippen LogP contribution >= 0.6 is 11.6 Å². The first-order chi connectivity index (χ1) is 16.1. The van der Waals surface area contributed by atoms with Crippen molar-refractivity contribution in [3.63, 3.8) is 0 Å². The molecule has 8 heteroatoms. The molecule has 1 atom stereocenters. The van der Waals surface area contributed by atoms with Crippen molar-refractivity contribution in [1.29, 1.82) is 0 Å². The first-order valence-corrected chi connectivity index (χ1v) is 11.1. The summed E-state index contributed by atoms with van der Waals surface area (Å²) in [6, 6.07) is 17.4. The van der Waals surface area contributed by atoms with Crippen LogP contribution < -0.4 is 4.74 Å². The highest BCUT2D eigenvalue weighted by molar-refractivity contribution is 6.32. The average molecular weight is 489 g/mol. The van der Waals surface area contributed by atoms with Crippen molar-refractivity contribution < 1.29 is 22.7 Å². The summed E-state index contributed by atoms with van der Waals surface area (Å²) in [4.78, 5) is 16.0. The Hall–Kier alpha value is -2.87. The fourth-order valence-electron chi connectivity index (χ4n) is 4.31. The first-order valence-electron chi connectivity index (χ1n) is 10.7. The Labute approximate surface area is 201 Å². The molecule has 0 aliphatic carbocycles. The number of fused-ring (bicyclic) bond motifs is 1. The number of hydrogen-bond acceptors (Lipinski definition) is 4. The third kappa shape index (κ3) is 5.60. The van der Waals surface area contributed by atoms with Crippen LogP contribution in [0, 0.1) is 0 Å². The number of ether oxygens (including phenoxy) is 1. The number of hydrogen-bond donors (Lipinski definition) is 0. The molecule has 178 valence electrons. The lowest BCUT2D eigenvalue weighted by atomic mass is 9.97. The second kappa shape index (κ2) is 9.78. The molecule has 0 N–H and O–H groups in total. The molecule has 34 heavy (non-hydrogen) atoms. The normalized spacial score (nSPS) is 16.0. The second-order valence-electron chi connectivity index (χ2n) is 8.64. The fraction of sp³-hybridized carbons (Fsp3) is 0.269. The van der Waals surface area contributed by atoms with E-state index in [2.05, 4.69) is 40.0 Å². The molecule has 4 rings (SSSR count). The summed E-state index contributed by atoms with van der Waals surface area (Å²) >= 11 is 6.63. The summed E-state index contributed by atoms with van der Waals surface area (Å²) in [6.07, 6.45) is -3.88. The van der Waals surface area contributed by atoms with Crippen molar-refractivity contribution >= 4 is 17.9 Å². The van der Waals surface area contributed by atoms with Gasteiger partial charge < -0.3 is 14.4 Å². The Kier molecular flexibility index (Phi) is 6.98. The van der Waals surface area contributed by atoms with Crippen molar-refractivity contribution in [3.8, 4) is 16.9 Å². The molecule has 0 fully saturated rings. The minimum Gasteiger partial charge on any atom is -0.406 e. The number of carbonyl (C=O) groups excluding carboxylic acids is 1. The van der Waals surface area contributed by atoms with E-state index in [-0.39, 0.29) is 5.75 Å². The van der Waals surface area contributed by atoms with Crippen LogP contribution in [0.1, 0.15) is 28.3 Å². The van der Waals surface area contributed by atoms with Crippen LogP contribution in [-0.4, -0.2) is 36.5 Å². The van der Waals surface area contributed by atoms with E-state index in [4.69, 9.17) is 11.6 Å². The quantitative estimate of drug-likeness (QED) is 0.369. The predicted molar refractivity (Wildman–Crippen MR) is 125 cm³/mol. The minimum absolute atomic E-state index is 0.280. The molecule has 1 heterocycles. The van der Waals surface area contributed by atoms with Crippen LogP contribution in [0.5, 0.6) is 5.75 Å². The van der Waals surface area contributed by atoms with Crippen LogP contribution in [-0.2, 0) is 24.4 Å². The monoisotopic (exact) mass is 488 g/mol. The fourth-order valence-corrected chi connectivity index (χ4v) is 4.66. The summed E-state index contributed by atoms with van der Waals surface area (Å²) in [6.45, 7) is 1.74. The minimum atomic E-state index is -4.73. The van der Waals surface area contributed by atoms with Crippen LogP contribution in [0.25, 0.3) is 11.1 Å². The van der Waals surface area contributed by atoms with E-state index in [0.717, 1.165) is 40.6 Å². The summed E-state index contributed by atoms with van der Waals surface area (Å²) in [5.41, 5.74) is 5.73. The largest absolute Gasteiger partial charge is 0.573 e. The standard InChI is InChI=1S/C26H24ClF3N2O2/c1-31(2)13-17-3-7-19(8-4-17)20-11-21-15-32(24(16-33)25(21)23(27)12-20)14-18-5-9-22(10-6-18)34-26(28,29)30/h3-12,16,24H,13-15H2,1-2H3. The summed E-state index contributed by atoms with van der Waals surface area (Å²) in [5.74, 6) is -0.280. The van der Waals surface area contributed by atoms with E-state index in [9.17, 15) is 18.0 Å². The molecule has 4 nitrogen and oxygen atoms in total. The molecule has 1 aliphatic heterocycles. The van der Waals surface area contributed by atoms with Crippen molar-refractivity contribution in [1.82, 2.24) is 9.80 Å². The Balaban J connectivity index is 1.54. The maximum Gasteiger partial charge on any atom is 0.573 e. The van der Waals surface area contributed by atoms with Crippen LogP contribution in [0.2, 0.25) is 5.02 Å². The van der Waals surface area contributed by atoms with Gasteiger partial charge in [0.15, 0.2) is 0 Å². The topological polar surface area (TPSA) is 32.8 Å². The van der Waals surface area contributed by atoms with Gasteiger partial charge in [0.2, 0.25) is 0 Å². The number of carbonyl (C=O) groups is 1.